The summed E-state index contributed by atoms with van der Waals surface area (Å²) in [7, 11) is 0. The van der Waals surface area contributed by atoms with Crippen molar-refractivity contribution in [2.75, 3.05) is 19.6 Å². The third-order valence-corrected chi connectivity index (χ3v) is 2.29. The van der Waals surface area contributed by atoms with E-state index in [1.54, 1.807) is 0 Å². The van der Waals surface area contributed by atoms with Gasteiger partial charge in [-0.3, -0.25) is 4.90 Å². The molecular weight excluding hydrogens is 148 g/mol. The quantitative estimate of drug-likeness (QED) is 0.607. The van der Waals surface area contributed by atoms with E-state index in [9.17, 15) is 0 Å². The molecule has 0 saturated heterocycles. The van der Waals surface area contributed by atoms with Crippen molar-refractivity contribution in [3.63, 3.8) is 0 Å². The van der Waals surface area contributed by atoms with Crippen molar-refractivity contribution in [2.24, 2.45) is 5.73 Å². The van der Waals surface area contributed by atoms with Crippen molar-refractivity contribution in [2.45, 2.75) is 32.2 Å². The van der Waals surface area contributed by atoms with Crippen LogP contribution in [0.1, 0.15) is 26.2 Å². The zero-order chi connectivity index (χ0) is 8.97. The fourth-order valence-corrected chi connectivity index (χ4v) is 1.47. The standard InChI is InChI=1S/C10H20N2/c1-3-6-12(10-4-5-10)8-9(2)7-11/h10H,2-8,11H2,1H3. The van der Waals surface area contributed by atoms with Crippen molar-refractivity contribution < 1.29 is 0 Å². The number of hydrogen-bond donors (Lipinski definition) is 1. The van der Waals surface area contributed by atoms with Crippen molar-refractivity contribution in [1.82, 2.24) is 4.90 Å². The minimum Gasteiger partial charge on any atom is -0.327 e. The van der Waals surface area contributed by atoms with E-state index in [1.165, 1.54) is 25.8 Å². The Kier molecular flexibility index (Phi) is 3.76. The van der Waals surface area contributed by atoms with Gasteiger partial charge in [-0.2, -0.15) is 0 Å². The maximum Gasteiger partial charge on any atom is 0.0205 e. The molecule has 1 aliphatic carbocycles. The highest BCUT2D eigenvalue weighted by Gasteiger charge is 2.27. The van der Waals surface area contributed by atoms with E-state index in [4.69, 9.17) is 5.73 Å². The Morgan fingerprint density at radius 1 is 1.58 bits per heavy atom. The normalized spacial score (nSPS) is 16.9. The van der Waals surface area contributed by atoms with Crippen molar-refractivity contribution in [3.8, 4) is 0 Å². The van der Waals surface area contributed by atoms with Gasteiger partial charge in [-0.1, -0.05) is 13.5 Å². The molecule has 0 atom stereocenters. The van der Waals surface area contributed by atoms with Crippen LogP contribution in [-0.2, 0) is 0 Å². The molecule has 2 nitrogen and oxygen atoms in total. The summed E-state index contributed by atoms with van der Waals surface area (Å²) >= 11 is 0. The van der Waals surface area contributed by atoms with E-state index in [0.717, 1.165) is 18.2 Å². The molecule has 0 aromatic heterocycles. The van der Waals surface area contributed by atoms with Crippen molar-refractivity contribution >= 4 is 0 Å². The average molecular weight is 168 g/mol. The SMILES string of the molecule is C=C(CN)CN(CCC)C1CC1. The van der Waals surface area contributed by atoms with Gasteiger partial charge in [-0.15, -0.1) is 0 Å². The van der Waals surface area contributed by atoms with Crippen LogP contribution in [0.5, 0.6) is 0 Å². The summed E-state index contributed by atoms with van der Waals surface area (Å²) in [5, 5.41) is 0. The number of rotatable bonds is 6. The fourth-order valence-electron chi connectivity index (χ4n) is 1.47. The number of nitrogens with two attached hydrogens (primary N) is 1. The van der Waals surface area contributed by atoms with Gasteiger partial charge in [0.1, 0.15) is 0 Å². The maximum absolute atomic E-state index is 5.51. The molecule has 1 rings (SSSR count). The summed E-state index contributed by atoms with van der Waals surface area (Å²) < 4.78 is 0. The minimum atomic E-state index is 0.632. The molecule has 0 heterocycles. The Labute approximate surface area is 75.4 Å². The molecule has 1 aliphatic rings. The van der Waals surface area contributed by atoms with Crippen molar-refractivity contribution in [3.05, 3.63) is 12.2 Å². The third-order valence-electron chi connectivity index (χ3n) is 2.29. The first-order valence-corrected chi connectivity index (χ1v) is 4.88. The molecule has 0 bridgehead atoms. The second-order valence-corrected chi connectivity index (χ2v) is 3.66. The molecule has 2 N–H and O–H groups in total. The van der Waals surface area contributed by atoms with Gasteiger partial charge >= 0.3 is 0 Å². The van der Waals surface area contributed by atoms with Crippen LogP contribution in [0.2, 0.25) is 0 Å². The van der Waals surface area contributed by atoms with Crippen LogP contribution >= 0.6 is 0 Å². The molecule has 1 saturated carbocycles. The number of hydrogen-bond acceptors (Lipinski definition) is 2. The summed E-state index contributed by atoms with van der Waals surface area (Å²) in [6.07, 6.45) is 3.98. The van der Waals surface area contributed by atoms with Crippen LogP contribution in [0.3, 0.4) is 0 Å². The predicted molar refractivity (Wildman–Crippen MR) is 53.1 cm³/mol. The van der Waals surface area contributed by atoms with Crippen LogP contribution < -0.4 is 5.73 Å². The van der Waals surface area contributed by atoms with Crippen LogP contribution in [-0.4, -0.2) is 30.6 Å². The lowest BCUT2D eigenvalue weighted by Gasteiger charge is -2.21. The smallest absolute Gasteiger partial charge is 0.0205 e. The van der Waals surface area contributed by atoms with Crippen LogP contribution in [0.15, 0.2) is 12.2 Å². The molecule has 0 aromatic carbocycles. The fraction of sp³-hybridized carbons (Fsp3) is 0.800. The molecule has 0 radical (unpaired) electrons. The molecule has 1 fully saturated rings. The van der Waals surface area contributed by atoms with E-state index in [1.807, 2.05) is 0 Å². The largest absolute Gasteiger partial charge is 0.327 e. The Hall–Kier alpha value is -0.340. The van der Waals surface area contributed by atoms with Gasteiger partial charge < -0.3 is 5.73 Å². The lowest BCUT2D eigenvalue weighted by molar-refractivity contribution is 0.285. The second kappa shape index (κ2) is 4.63. The molecule has 0 aromatic rings. The van der Waals surface area contributed by atoms with E-state index in [0.29, 0.717) is 6.54 Å². The topological polar surface area (TPSA) is 29.3 Å². The zero-order valence-electron chi connectivity index (χ0n) is 8.05. The highest BCUT2D eigenvalue weighted by Crippen LogP contribution is 2.27. The number of nitrogens with zero attached hydrogens (tertiary/aromatic N) is 1. The van der Waals surface area contributed by atoms with Crippen LogP contribution in [0.25, 0.3) is 0 Å². The Morgan fingerprint density at radius 3 is 2.67 bits per heavy atom. The second-order valence-electron chi connectivity index (χ2n) is 3.66. The third kappa shape index (κ3) is 2.95. The first-order valence-electron chi connectivity index (χ1n) is 4.88. The molecule has 12 heavy (non-hydrogen) atoms. The van der Waals surface area contributed by atoms with E-state index < -0.39 is 0 Å². The molecule has 0 unspecified atom stereocenters. The van der Waals surface area contributed by atoms with Crippen molar-refractivity contribution in [1.29, 1.82) is 0 Å². The van der Waals surface area contributed by atoms with E-state index in [2.05, 4.69) is 18.4 Å². The Morgan fingerprint density at radius 2 is 2.25 bits per heavy atom. The monoisotopic (exact) mass is 168 g/mol. The highest BCUT2D eigenvalue weighted by atomic mass is 15.2. The lowest BCUT2D eigenvalue weighted by Crippen LogP contribution is -2.30. The zero-order valence-corrected chi connectivity index (χ0v) is 8.05. The van der Waals surface area contributed by atoms with Gasteiger partial charge in [0.15, 0.2) is 0 Å². The molecule has 70 valence electrons. The molecule has 0 spiro atoms. The highest BCUT2D eigenvalue weighted by molar-refractivity contribution is 5.01. The summed E-state index contributed by atoms with van der Waals surface area (Å²) in [6.45, 7) is 9.00. The summed E-state index contributed by atoms with van der Waals surface area (Å²) in [5.41, 5.74) is 6.67. The Balaban J connectivity index is 2.26. The molecule has 0 aliphatic heterocycles. The molecule has 0 amide bonds. The molecular formula is C10H20N2. The van der Waals surface area contributed by atoms with Crippen LogP contribution in [0, 0.1) is 0 Å². The van der Waals surface area contributed by atoms with E-state index >= 15 is 0 Å². The predicted octanol–water partition coefficient (Wildman–Crippen LogP) is 1.38. The summed E-state index contributed by atoms with van der Waals surface area (Å²) in [4.78, 5) is 2.51. The van der Waals surface area contributed by atoms with Gasteiger partial charge in [-0.25, -0.2) is 0 Å². The van der Waals surface area contributed by atoms with Gasteiger partial charge in [0.05, 0.1) is 0 Å². The first-order chi connectivity index (χ1) is 5.77. The van der Waals surface area contributed by atoms with E-state index in [-0.39, 0.29) is 0 Å². The average Bonchev–Trinajstić information content (AvgIpc) is 2.86. The van der Waals surface area contributed by atoms with Gasteiger partial charge in [0.25, 0.3) is 0 Å². The summed E-state index contributed by atoms with van der Waals surface area (Å²) in [5.74, 6) is 0. The summed E-state index contributed by atoms with van der Waals surface area (Å²) in [6, 6.07) is 0.841. The van der Waals surface area contributed by atoms with Gasteiger partial charge in [0, 0.05) is 19.1 Å². The minimum absolute atomic E-state index is 0.632. The lowest BCUT2D eigenvalue weighted by atomic mass is 10.2. The first kappa shape index (κ1) is 9.75. The molecule has 2 heteroatoms. The maximum atomic E-state index is 5.51. The Bertz CT molecular complexity index is 150. The van der Waals surface area contributed by atoms with Crippen LogP contribution in [0.4, 0.5) is 0 Å². The van der Waals surface area contributed by atoms with Gasteiger partial charge in [-0.05, 0) is 31.4 Å². The van der Waals surface area contributed by atoms with Gasteiger partial charge in [0.2, 0.25) is 0 Å².